The zero-order chi connectivity index (χ0) is 20.1. The third kappa shape index (κ3) is 5.00. The van der Waals surface area contributed by atoms with Gasteiger partial charge in [-0.3, -0.25) is 9.80 Å². The number of aromatic nitrogens is 1. The van der Waals surface area contributed by atoms with E-state index in [4.69, 9.17) is 4.52 Å². The lowest BCUT2D eigenvalue weighted by Crippen LogP contribution is -2.45. The highest BCUT2D eigenvalue weighted by Crippen LogP contribution is 2.26. The van der Waals surface area contributed by atoms with Crippen molar-refractivity contribution in [1.82, 2.24) is 15.0 Å². The Bertz CT molecular complexity index is 942. The van der Waals surface area contributed by atoms with E-state index in [1.807, 2.05) is 13.0 Å². The van der Waals surface area contributed by atoms with E-state index in [0.717, 1.165) is 61.8 Å². The second kappa shape index (κ2) is 9.16. The van der Waals surface area contributed by atoms with Gasteiger partial charge in [0, 0.05) is 50.4 Å². The number of hydrogen-bond donors (Lipinski definition) is 0. The molecule has 0 aliphatic carbocycles. The van der Waals surface area contributed by atoms with Crippen molar-refractivity contribution in [2.24, 2.45) is 0 Å². The molecule has 4 rings (SSSR count). The van der Waals surface area contributed by atoms with E-state index in [1.54, 1.807) is 12.1 Å². The molecule has 0 saturated carbocycles. The topological polar surface area (TPSA) is 32.5 Å². The summed E-state index contributed by atoms with van der Waals surface area (Å²) in [6, 6.07) is 16.8. The van der Waals surface area contributed by atoms with Crippen LogP contribution < -0.4 is 0 Å². The van der Waals surface area contributed by atoms with Crippen LogP contribution in [0.15, 0.2) is 65.2 Å². The van der Waals surface area contributed by atoms with Crippen LogP contribution in [0, 0.1) is 12.7 Å². The Morgan fingerprint density at radius 2 is 1.66 bits per heavy atom. The van der Waals surface area contributed by atoms with Crippen LogP contribution >= 0.6 is 0 Å². The van der Waals surface area contributed by atoms with Gasteiger partial charge in [0.05, 0.1) is 0 Å². The van der Waals surface area contributed by atoms with Crippen LogP contribution in [-0.4, -0.2) is 47.7 Å². The number of piperazine rings is 1. The van der Waals surface area contributed by atoms with E-state index >= 15 is 0 Å². The molecule has 3 aromatic rings. The minimum atomic E-state index is -0.248. The molecule has 2 aromatic carbocycles. The standard InChI is InChI=1S/C24H26FN3O/c1-19-23(26-29-24(19)21-9-11-22(25)12-10-21)18-28-16-14-27(15-17-28)13-5-8-20-6-3-2-4-7-20/h2-12H,13-18H2,1H3/b8-5+. The molecule has 0 spiro atoms. The second-order valence-electron chi connectivity index (χ2n) is 7.48. The lowest BCUT2D eigenvalue weighted by atomic mass is 10.1. The van der Waals surface area contributed by atoms with Crippen LogP contribution in [0.25, 0.3) is 17.4 Å². The summed E-state index contributed by atoms with van der Waals surface area (Å²) < 4.78 is 18.7. The third-order valence-electron chi connectivity index (χ3n) is 5.44. The fraction of sp³-hybridized carbons (Fsp3) is 0.292. The maximum absolute atomic E-state index is 13.2. The van der Waals surface area contributed by atoms with E-state index < -0.39 is 0 Å². The molecular weight excluding hydrogens is 365 g/mol. The van der Waals surface area contributed by atoms with Crippen molar-refractivity contribution in [3.8, 4) is 11.3 Å². The molecule has 1 aromatic heterocycles. The Labute approximate surface area is 171 Å². The van der Waals surface area contributed by atoms with Crippen molar-refractivity contribution in [3.05, 3.63) is 83.3 Å². The summed E-state index contributed by atoms with van der Waals surface area (Å²) in [6.45, 7) is 7.89. The molecule has 0 radical (unpaired) electrons. The lowest BCUT2D eigenvalue weighted by Gasteiger charge is -2.33. The number of rotatable bonds is 6. The third-order valence-corrected chi connectivity index (χ3v) is 5.44. The van der Waals surface area contributed by atoms with Crippen LogP contribution in [-0.2, 0) is 6.54 Å². The van der Waals surface area contributed by atoms with Crippen molar-refractivity contribution < 1.29 is 8.91 Å². The molecule has 0 bridgehead atoms. The number of hydrogen-bond acceptors (Lipinski definition) is 4. The average molecular weight is 391 g/mol. The highest BCUT2D eigenvalue weighted by molar-refractivity contribution is 5.61. The van der Waals surface area contributed by atoms with Crippen LogP contribution in [0.4, 0.5) is 4.39 Å². The Morgan fingerprint density at radius 1 is 0.966 bits per heavy atom. The summed E-state index contributed by atoms with van der Waals surface area (Å²) >= 11 is 0. The van der Waals surface area contributed by atoms with Crippen molar-refractivity contribution in [1.29, 1.82) is 0 Å². The first-order chi connectivity index (χ1) is 14.2. The largest absolute Gasteiger partial charge is 0.356 e. The Hall–Kier alpha value is -2.76. The molecule has 0 N–H and O–H groups in total. The summed E-state index contributed by atoms with van der Waals surface area (Å²) in [6.07, 6.45) is 4.42. The smallest absolute Gasteiger partial charge is 0.170 e. The molecule has 2 heterocycles. The van der Waals surface area contributed by atoms with E-state index in [-0.39, 0.29) is 5.82 Å². The second-order valence-corrected chi connectivity index (χ2v) is 7.48. The first-order valence-electron chi connectivity index (χ1n) is 10.1. The molecule has 1 saturated heterocycles. The molecule has 5 heteroatoms. The van der Waals surface area contributed by atoms with Gasteiger partial charge in [-0.1, -0.05) is 47.6 Å². The van der Waals surface area contributed by atoms with E-state index in [9.17, 15) is 4.39 Å². The average Bonchev–Trinajstić information content (AvgIpc) is 3.11. The normalized spacial score (nSPS) is 15.9. The summed E-state index contributed by atoms with van der Waals surface area (Å²) in [5.74, 6) is 0.479. The zero-order valence-corrected chi connectivity index (χ0v) is 16.7. The fourth-order valence-electron chi connectivity index (χ4n) is 3.63. The van der Waals surface area contributed by atoms with Gasteiger partial charge in [-0.15, -0.1) is 0 Å². The van der Waals surface area contributed by atoms with Gasteiger partial charge < -0.3 is 4.52 Å². The van der Waals surface area contributed by atoms with Gasteiger partial charge in [0.25, 0.3) is 0 Å². The molecule has 0 amide bonds. The number of benzene rings is 2. The molecule has 1 aliphatic rings. The van der Waals surface area contributed by atoms with Gasteiger partial charge in [-0.25, -0.2) is 4.39 Å². The van der Waals surface area contributed by atoms with Gasteiger partial charge in [-0.05, 0) is 36.8 Å². The Morgan fingerprint density at radius 3 is 2.38 bits per heavy atom. The quantitative estimate of drug-likeness (QED) is 0.614. The van der Waals surface area contributed by atoms with E-state index in [1.165, 1.54) is 17.7 Å². The Kier molecular flexibility index (Phi) is 6.17. The minimum Gasteiger partial charge on any atom is -0.356 e. The lowest BCUT2D eigenvalue weighted by molar-refractivity contribution is 0.134. The summed E-state index contributed by atoms with van der Waals surface area (Å²) in [4.78, 5) is 4.88. The molecule has 0 atom stereocenters. The first-order valence-corrected chi connectivity index (χ1v) is 10.1. The molecule has 0 unspecified atom stereocenters. The van der Waals surface area contributed by atoms with Gasteiger partial charge in [0.2, 0.25) is 0 Å². The highest BCUT2D eigenvalue weighted by atomic mass is 19.1. The maximum atomic E-state index is 13.2. The molecule has 150 valence electrons. The maximum Gasteiger partial charge on any atom is 0.170 e. The highest BCUT2D eigenvalue weighted by Gasteiger charge is 2.20. The van der Waals surface area contributed by atoms with Crippen molar-refractivity contribution >= 4 is 6.08 Å². The van der Waals surface area contributed by atoms with Gasteiger partial charge in [0.15, 0.2) is 5.76 Å². The summed E-state index contributed by atoms with van der Waals surface area (Å²) in [5.41, 5.74) is 4.09. The number of nitrogens with zero attached hydrogens (tertiary/aromatic N) is 3. The molecule has 4 nitrogen and oxygen atoms in total. The van der Waals surface area contributed by atoms with E-state index in [0.29, 0.717) is 0 Å². The van der Waals surface area contributed by atoms with Gasteiger partial charge >= 0.3 is 0 Å². The van der Waals surface area contributed by atoms with Crippen LogP contribution in [0.3, 0.4) is 0 Å². The number of halogens is 1. The van der Waals surface area contributed by atoms with Crippen LogP contribution in [0.2, 0.25) is 0 Å². The Balaban J connectivity index is 1.29. The van der Waals surface area contributed by atoms with Crippen molar-refractivity contribution in [2.75, 3.05) is 32.7 Å². The zero-order valence-electron chi connectivity index (χ0n) is 16.7. The van der Waals surface area contributed by atoms with Crippen molar-refractivity contribution in [2.45, 2.75) is 13.5 Å². The first kappa shape index (κ1) is 19.6. The summed E-state index contributed by atoms with van der Waals surface area (Å²) in [5, 5.41) is 4.28. The SMILES string of the molecule is Cc1c(CN2CCN(C/C=C/c3ccccc3)CC2)noc1-c1ccc(F)cc1. The van der Waals surface area contributed by atoms with Gasteiger partial charge in [-0.2, -0.15) is 0 Å². The van der Waals surface area contributed by atoms with E-state index in [2.05, 4.69) is 51.4 Å². The summed E-state index contributed by atoms with van der Waals surface area (Å²) in [7, 11) is 0. The molecule has 1 aliphatic heterocycles. The fourth-order valence-corrected chi connectivity index (χ4v) is 3.63. The monoisotopic (exact) mass is 391 g/mol. The molecule has 29 heavy (non-hydrogen) atoms. The molecular formula is C24H26FN3O. The van der Waals surface area contributed by atoms with Crippen molar-refractivity contribution in [3.63, 3.8) is 0 Å². The predicted molar refractivity (Wildman–Crippen MR) is 114 cm³/mol. The van der Waals surface area contributed by atoms with Crippen LogP contribution in [0.5, 0.6) is 0 Å². The van der Waals surface area contributed by atoms with Crippen LogP contribution in [0.1, 0.15) is 16.8 Å². The molecule has 1 fully saturated rings. The minimum absolute atomic E-state index is 0.248. The predicted octanol–water partition coefficient (Wildman–Crippen LogP) is 4.62. The van der Waals surface area contributed by atoms with Gasteiger partial charge in [0.1, 0.15) is 11.5 Å².